The first-order valence-corrected chi connectivity index (χ1v) is 8.65. The first-order valence-electron chi connectivity index (χ1n) is 8.65. The van der Waals surface area contributed by atoms with Crippen LogP contribution in [0.1, 0.15) is 76.4 Å². The number of hydrogen-bond donors (Lipinski definition) is 0. The van der Waals surface area contributed by atoms with Crippen LogP contribution in [0.3, 0.4) is 0 Å². The van der Waals surface area contributed by atoms with Crippen molar-refractivity contribution >= 4 is 17.6 Å². The number of nitrogens with zero attached hydrogens (tertiary/aromatic N) is 1. The normalized spacial score (nSPS) is 16.5. The number of amides is 1. The van der Waals surface area contributed by atoms with Crippen LogP contribution >= 0.6 is 0 Å². The summed E-state index contributed by atoms with van der Waals surface area (Å²) in [6.07, 6.45) is 1.31. The minimum atomic E-state index is -0.545. The van der Waals surface area contributed by atoms with Gasteiger partial charge in [0.15, 0.2) is 5.78 Å². The van der Waals surface area contributed by atoms with Crippen molar-refractivity contribution in [3.05, 3.63) is 28.8 Å². The molecule has 1 aliphatic heterocycles. The molecule has 1 amide bonds. The smallest absolute Gasteiger partial charge is 0.414 e. The monoisotopic (exact) mass is 331 g/mol. The van der Waals surface area contributed by atoms with Gasteiger partial charge in [0.1, 0.15) is 5.60 Å². The molecule has 1 heterocycles. The van der Waals surface area contributed by atoms with E-state index in [1.54, 1.807) is 11.8 Å². The summed E-state index contributed by atoms with van der Waals surface area (Å²) in [5, 5.41) is 0. The fraction of sp³-hybridized carbons (Fsp3) is 0.600. The van der Waals surface area contributed by atoms with E-state index in [2.05, 4.69) is 26.8 Å². The zero-order valence-electron chi connectivity index (χ0n) is 15.9. The van der Waals surface area contributed by atoms with Crippen LogP contribution in [0.2, 0.25) is 0 Å². The Balaban J connectivity index is 2.57. The topological polar surface area (TPSA) is 46.6 Å². The highest BCUT2D eigenvalue weighted by Gasteiger charge is 2.36. The molecule has 0 N–H and O–H groups in total. The summed E-state index contributed by atoms with van der Waals surface area (Å²) >= 11 is 0. The van der Waals surface area contributed by atoms with Crippen molar-refractivity contribution in [3.63, 3.8) is 0 Å². The Hall–Kier alpha value is -1.84. The van der Waals surface area contributed by atoms with Crippen LogP contribution in [0.25, 0.3) is 0 Å². The molecule has 2 rings (SSSR count). The van der Waals surface area contributed by atoms with Crippen LogP contribution < -0.4 is 4.90 Å². The van der Waals surface area contributed by atoms with Crippen LogP contribution in [0.5, 0.6) is 0 Å². The van der Waals surface area contributed by atoms with Gasteiger partial charge in [0, 0.05) is 12.1 Å². The predicted octanol–water partition coefficient (Wildman–Crippen LogP) is 4.87. The average Bonchev–Trinajstić information content (AvgIpc) is 2.44. The fourth-order valence-electron chi connectivity index (χ4n) is 3.17. The van der Waals surface area contributed by atoms with Gasteiger partial charge in [-0.25, -0.2) is 4.79 Å². The molecule has 1 aromatic rings. The number of ether oxygens (including phenoxy) is 1. The van der Waals surface area contributed by atoms with Crippen molar-refractivity contribution in [2.45, 2.75) is 72.3 Å². The summed E-state index contributed by atoms with van der Waals surface area (Å²) in [6, 6.07) is 3.98. The van der Waals surface area contributed by atoms with Gasteiger partial charge in [-0.1, -0.05) is 26.8 Å². The molecule has 0 unspecified atom stereocenters. The number of fused-ring (bicyclic) bond motifs is 1. The van der Waals surface area contributed by atoms with Crippen molar-refractivity contribution in [1.29, 1.82) is 0 Å². The number of anilines is 1. The van der Waals surface area contributed by atoms with Crippen LogP contribution in [0, 0.1) is 0 Å². The van der Waals surface area contributed by atoms with Gasteiger partial charge in [0.2, 0.25) is 0 Å². The van der Waals surface area contributed by atoms with E-state index in [0.717, 1.165) is 29.7 Å². The molecule has 0 spiro atoms. The molecular weight excluding hydrogens is 302 g/mol. The Morgan fingerprint density at radius 3 is 2.38 bits per heavy atom. The molecule has 4 heteroatoms. The number of Topliss-reactive ketones (excluding diaryl/α,β-unsaturated/α-hetero) is 1. The van der Waals surface area contributed by atoms with E-state index in [1.165, 1.54) is 0 Å². The second kappa shape index (κ2) is 6.23. The molecule has 1 aliphatic rings. The predicted molar refractivity (Wildman–Crippen MR) is 97.0 cm³/mol. The standard InChI is InChI=1S/C20H29NO3/c1-8-14-11-16-17(12-15(14)13(2)22)21(10-9-20(16,6)7)18(23)24-19(3,4)5/h11-12H,8-10H2,1-7H3. The number of ketones is 1. The second-order valence-electron chi connectivity index (χ2n) is 8.20. The number of rotatable bonds is 2. The maximum absolute atomic E-state index is 12.6. The third-order valence-corrected chi connectivity index (χ3v) is 4.58. The Morgan fingerprint density at radius 1 is 1.25 bits per heavy atom. The second-order valence-corrected chi connectivity index (χ2v) is 8.20. The third kappa shape index (κ3) is 3.63. The molecular formula is C20H29NO3. The number of aryl methyl sites for hydroxylation is 1. The number of carbonyl (C=O) groups excluding carboxylic acids is 2. The van der Waals surface area contributed by atoms with Gasteiger partial charge in [-0.05, 0) is 63.1 Å². The third-order valence-electron chi connectivity index (χ3n) is 4.58. The largest absolute Gasteiger partial charge is 0.443 e. The zero-order valence-corrected chi connectivity index (χ0v) is 15.9. The van der Waals surface area contributed by atoms with E-state index in [0.29, 0.717) is 12.1 Å². The first-order chi connectivity index (χ1) is 11.0. The summed E-state index contributed by atoms with van der Waals surface area (Å²) in [7, 11) is 0. The molecule has 0 bridgehead atoms. The molecule has 4 nitrogen and oxygen atoms in total. The molecule has 0 radical (unpaired) electrons. The Labute approximate surface area is 145 Å². The van der Waals surface area contributed by atoms with Crippen molar-refractivity contribution < 1.29 is 14.3 Å². The number of hydrogen-bond acceptors (Lipinski definition) is 3. The summed E-state index contributed by atoms with van der Waals surface area (Å²) in [4.78, 5) is 26.4. The van der Waals surface area contributed by atoms with Crippen LogP contribution in [0.15, 0.2) is 12.1 Å². The van der Waals surface area contributed by atoms with Gasteiger partial charge in [0.25, 0.3) is 0 Å². The molecule has 132 valence electrons. The lowest BCUT2D eigenvalue weighted by molar-refractivity contribution is 0.0574. The quantitative estimate of drug-likeness (QED) is 0.726. The Bertz CT molecular complexity index is 668. The van der Waals surface area contributed by atoms with E-state index in [-0.39, 0.29) is 17.3 Å². The molecule has 1 aromatic carbocycles. The average molecular weight is 331 g/mol. The maximum Gasteiger partial charge on any atom is 0.414 e. The van der Waals surface area contributed by atoms with E-state index < -0.39 is 5.60 Å². The minimum absolute atomic E-state index is 0.0298. The number of carbonyl (C=O) groups is 2. The lowest BCUT2D eigenvalue weighted by Crippen LogP contribution is -2.43. The molecule has 0 fully saturated rings. The Morgan fingerprint density at radius 2 is 1.88 bits per heavy atom. The van der Waals surface area contributed by atoms with E-state index in [1.807, 2.05) is 26.8 Å². The van der Waals surface area contributed by atoms with Crippen LogP contribution in [0.4, 0.5) is 10.5 Å². The fourth-order valence-corrected chi connectivity index (χ4v) is 3.17. The van der Waals surface area contributed by atoms with Crippen molar-refractivity contribution in [2.75, 3.05) is 11.4 Å². The highest BCUT2D eigenvalue weighted by atomic mass is 16.6. The maximum atomic E-state index is 12.6. The highest BCUT2D eigenvalue weighted by Crippen LogP contribution is 2.41. The molecule has 0 saturated heterocycles. The molecule has 0 saturated carbocycles. The van der Waals surface area contributed by atoms with Crippen molar-refractivity contribution in [3.8, 4) is 0 Å². The van der Waals surface area contributed by atoms with Crippen LogP contribution in [-0.4, -0.2) is 24.0 Å². The van der Waals surface area contributed by atoms with E-state index >= 15 is 0 Å². The van der Waals surface area contributed by atoms with Gasteiger partial charge in [-0.3, -0.25) is 9.69 Å². The Kier molecular flexibility index (Phi) is 4.80. The minimum Gasteiger partial charge on any atom is -0.443 e. The summed E-state index contributed by atoms with van der Waals surface area (Å²) in [5.74, 6) is 0.0298. The van der Waals surface area contributed by atoms with Gasteiger partial charge in [-0.2, -0.15) is 0 Å². The molecule has 0 aromatic heterocycles. The van der Waals surface area contributed by atoms with E-state index in [4.69, 9.17) is 4.74 Å². The lowest BCUT2D eigenvalue weighted by Gasteiger charge is -2.40. The molecule has 0 aliphatic carbocycles. The lowest BCUT2D eigenvalue weighted by atomic mass is 9.76. The van der Waals surface area contributed by atoms with Crippen molar-refractivity contribution in [2.24, 2.45) is 0 Å². The highest BCUT2D eigenvalue weighted by molar-refractivity contribution is 5.99. The SMILES string of the molecule is CCc1cc2c(cc1C(C)=O)N(C(=O)OC(C)(C)C)CCC2(C)C. The molecule has 0 atom stereocenters. The van der Waals surface area contributed by atoms with E-state index in [9.17, 15) is 9.59 Å². The first kappa shape index (κ1) is 18.5. The van der Waals surface area contributed by atoms with Crippen LogP contribution in [-0.2, 0) is 16.6 Å². The van der Waals surface area contributed by atoms with Gasteiger partial charge < -0.3 is 4.74 Å². The van der Waals surface area contributed by atoms with Gasteiger partial charge >= 0.3 is 6.09 Å². The van der Waals surface area contributed by atoms with Gasteiger partial charge in [-0.15, -0.1) is 0 Å². The zero-order chi connectivity index (χ0) is 18.3. The number of benzene rings is 1. The van der Waals surface area contributed by atoms with Crippen molar-refractivity contribution in [1.82, 2.24) is 0 Å². The summed E-state index contributed by atoms with van der Waals surface area (Å²) in [6.45, 7) is 14.2. The summed E-state index contributed by atoms with van der Waals surface area (Å²) < 4.78 is 5.56. The molecule has 24 heavy (non-hydrogen) atoms. The summed E-state index contributed by atoms with van der Waals surface area (Å²) in [5.41, 5.74) is 3.08. The van der Waals surface area contributed by atoms with Gasteiger partial charge in [0.05, 0.1) is 5.69 Å².